The maximum atomic E-state index is 10.5. The number of benzene rings is 1. The molecule has 1 amide bonds. The molecule has 0 aromatic heterocycles. The van der Waals surface area contributed by atoms with Gasteiger partial charge in [-0.05, 0) is 36.2 Å². The third-order valence-corrected chi connectivity index (χ3v) is 2.52. The first-order valence-corrected chi connectivity index (χ1v) is 5.06. The fourth-order valence-corrected chi connectivity index (χ4v) is 1.44. The van der Waals surface area contributed by atoms with E-state index >= 15 is 0 Å². The highest BCUT2D eigenvalue weighted by Crippen LogP contribution is 2.26. The monoisotopic (exact) mass is 247 g/mol. The van der Waals surface area contributed by atoms with E-state index < -0.39 is 5.37 Å². The van der Waals surface area contributed by atoms with Crippen LogP contribution >= 0.6 is 23.2 Å². The van der Waals surface area contributed by atoms with Crippen LogP contribution in [0.3, 0.4) is 0 Å². The highest BCUT2D eigenvalue weighted by molar-refractivity contribution is 6.62. The van der Waals surface area contributed by atoms with E-state index in [4.69, 9.17) is 27.9 Å². The number of methoxy groups -OCH3 is 1. The number of amides is 1. The molecule has 0 spiro atoms. The standard InChI is InChI=1S/C10H11Cl2NO2/c1-6-3-9(15-2)7(4-8(6)11)5-13-10(12)14/h3-4H,5H2,1-2H3,(H,13,14). The summed E-state index contributed by atoms with van der Waals surface area (Å²) in [5.41, 5.74) is 1.72. The summed E-state index contributed by atoms with van der Waals surface area (Å²) in [7, 11) is 1.56. The molecule has 0 saturated carbocycles. The summed E-state index contributed by atoms with van der Waals surface area (Å²) in [6.45, 7) is 2.18. The van der Waals surface area contributed by atoms with Crippen LogP contribution in [-0.4, -0.2) is 12.5 Å². The molecule has 0 bridgehead atoms. The minimum atomic E-state index is -0.603. The highest BCUT2D eigenvalue weighted by atomic mass is 35.5. The summed E-state index contributed by atoms with van der Waals surface area (Å²) in [4.78, 5) is 10.5. The maximum absolute atomic E-state index is 10.5. The van der Waals surface area contributed by atoms with Crippen molar-refractivity contribution in [1.82, 2.24) is 5.32 Å². The summed E-state index contributed by atoms with van der Waals surface area (Å²) in [6, 6.07) is 3.57. The first kappa shape index (κ1) is 12.1. The Morgan fingerprint density at radius 2 is 2.20 bits per heavy atom. The molecule has 0 aliphatic carbocycles. The predicted octanol–water partition coefficient (Wildman–Crippen LogP) is 3.11. The molecule has 82 valence electrons. The van der Waals surface area contributed by atoms with E-state index in [1.165, 1.54) is 0 Å². The number of hydrogen-bond acceptors (Lipinski definition) is 2. The Labute approximate surface area is 98.3 Å². The summed E-state index contributed by atoms with van der Waals surface area (Å²) in [6.07, 6.45) is 0. The number of nitrogens with one attached hydrogen (secondary N) is 1. The minimum absolute atomic E-state index is 0.297. The largest absolute Gasteiger partial charge is 0.496 e. The van der Waals surface area contributed by atoms with E-state index in [-0.39, 0.29) is 0 Å². The molecular weight excluding hydrogens is 237 g/mol. The number of hydrogen-bond donors (Lipinski definition) is 1. The Morgan fingerprint density at radius 3 is 2.73 bits per heavy atom. The van der Waals surface area contributed by atoms with Crippen molar-refractivity contribution in [3.8, 4) is 5.75 Å². The highest BCUT2D eigenvalue weighted by Gasteiger charge is 2.07. The molecule has 1 aromatic carbocycles. The second-order valence-corrected chi connectivity index (χ2v) is 3.79. The van der Waals surface area contributed by atoms with E-state index in [1.807, 2.05) is 13.0 Å². The topological polar surface area (TPSA) is 38.3 Å². The average molecular weight is 248 g/mol. The smallest absolute Gasteiger partial charge is 0.314 e. The van der Waals surface area contributed by atoms with Crippen LogP contribution in [-0.2, 0) is 6.54 Å². The van der Waals surface area contributed by atoms with Gasteiger partial charge in [-0.15, -0.1) is 0 Å². The van der Waals surface area contributed by atoms with Gasteiger partial charge < -0.3 is 10.1 Å². The lowest BCUT2D eigenvalue weighted by Crippen LogP contribution is -2.16. The van der Waals surface area contributed by atoms with Gasteiger partial charge in [0, 0.05) is 17.1 Å². The lowest BCUT2D eigenvalue weighted by molar-refractivity contribution is 0.259. The molecule has 0 aliphatic heterocycles. The molecule has 5 heteroatoms. The number of carbonyl (C=O) groups is 1. The van der Waals surface area contributed by atoms with Gasteiger partial charge in [0.15, 0.2) is 0 Å². The van der Waals surface area contributed by atoms with Crippen molar-refractivity contribution in [3.63, 3.8) is 0 Å². The van der Waals surface area contributed by atoms with Crippen LogP contribution in [0.25, 0.3) is 0 Å². The van der Waals surface area contributed by atoms with Crippen molar-refractivity contribution in [2.45, 2.75) is 13.5 Å². The molecule has 0 saturated heterocycles. The van der Waals surface area contributed by atoms with Crippen LogP contribution in [0.5, 0.6) is 5.75 Å². The summed E-state index contributed by atoms with van der Waals surface area (Å²) < 4.78 is 5.16. The predicted molar refractivity (Wildman–Crippen MR) is 60.8 cm³/mol. The Bertz CT molecular complexity index is 380. The van der Waals surface area contributed by atoms with Crippen LogP contribution in [0.4, 0.5) is 4.79 Å². The molecule has 1 N–H and O–H groups in total. The van der Waals surface area contributed by atoms with Gasteiger partial charge in [-0.1, -0.05) is 11.6 Å². The van der Waals surface area contributed by atoms with E-state index in [9.17, 15) is 4.79 Å². The van der Waals surface area contributed by atoms with Gasteiger partial charge in [0.1, 0.15) is 5.75 Å². The van der Waals surface area contributed by atoms with Gasteiger partial charge in [-0.3, -0.25) is 4.79 Å². The van der Waals surface area contributed by atoms with Gasteiger partial charge in [-0.25, -0.2) is 0 Å². The van der Waals surface area contributed by atoms with Gasteiger partial charge >= 0.3 is 5.37 Å². The zero-order chi connectivity index (χ0) is 11.4. The van der Waals surface area contributed by atoms with E-state index in [0.29, 0.717) is 17.3 Å². The minimum Gasteiger partial charge on any atom is -0.496 e. The van der Waals surface area contributed by atoms with Crippen molar-refractivity contribution in [1.29, 1.82) is 0 Å². The molecule has 0 aliphatic rings. The quantitative estimate of drug-likeness (QED) is 0.659. The number of rotatable bonds is 3. The Morgan fingerprint density at radius 1 is 1.53 bits per heavy atom. The average Bonchev–Trinajstić information content (AvgIpc) is 2.19. The van der Waals surface area contributed by atoms with Crippen molar-refractivity contribution >= 4 is 28.6 Å². The molecule has 0 heterocycles. The first-order chi connectivity index (χ1) is 7.04. The molecule has 15 heavy (non-hydrogen) atoms. The van der Waals surface area contributed by atoms with Crippen LogP contribution < -0.4 is 10.1 Å². The summed E-state index contributed by atoms with van der Waals surface area (Å²) in [5.74, 6) is 0.683. The van der Waals surface area contributed by atoms with Crippen LogP contribution in [0.2, 0.25) is 5.02 Å². The van der Waals surface area contributed by atoms with Crippen molar-refractivity contribution in [3.05, 3.63) is 28.3 Å². The zero-order valence-corrected chi connectivity index (χ0v) is 9.95. The second-order valence-electron chi connectivity index (χ2n) is 3.04. The second kappa shape index (κ2) is 5.24. The Balaban J connectivity index is 2.94. The fraction of sp³-hybridized carbons (Fsp3) is 0.300. The zero-order valence-electron chi connectivity index (χ0n) is 8.43. The molecule has 1 rings (SSSR count). The van der Waals surface area contributed by atoms with Gasteiger partial charge in [-0.2, -0.15) is 0 Å². The lowest BCUT2D eigenvalue weighted by atomic mass is 10.1. The number of carbonyl (C=O) groups excluding carboxylic acids is 1. The van der Waals surface area contributed by atoms with Gasteiger partial charge in [0.2, 0.25) is 0 Å². The molecule has 0 radical (unpaired) electrons. The van der Waals surface area contributed by atoms with Crippen LogP contribution in [0.15, 0.2) is 12.1 Å². The van der Waals surface area contributed by atoms with Crippen LogP contribution in [0, 0.1) is 6.92 Å². The lowest BCUT2D eigenvalue weighted by Gasteiger charge is -2.10. The van der Waals surface area contributed by atoms with Gasteiger partial charge in [0.05, 0.1) is 7.11 Å². The molecular formula is C10H11Cl2NO2. The maximum Gasteiger partial charge on any atom is 0.314 e. The van der Waals surface area contributed by atoms with Gasteiger partial charge in [0.25, 0.3) is 0 Å². The van der Waals surface area contributed by atoms with E-state index in [1.54, 1.807) is 13.2 Å². The Kier molecular flexibility index (Phi) is 4.24. The molecule has 0 atom stereocenters. The number of halogens is 2. The number of ether oxygens (including phenoxy) is 1. The third-order valence-electron chi connectivity index (χ3n) is 1.98. The summed E-state index contributed by atoms with van der Waals surface area (Å²) >= 11 is 11.1. The Hall–Kier alpha value is -0.930. The van der Waals surface area contributed by atoms with Crippen molar-refractivity contribution in [2.24, 2.45) is 0 Å². The van der Waals surface area contributed by atoms with Crippen molar-refractivity contribution in [2.75, 3.05) is 7.11 Å². The molecule has 0 unspecified atom stereocenters. The summed E-state index contributed by atoms with van der Waals surface area (Å²) in [5, 5.41) is 2.50. The van der Waals surface area contributed by atoms with E-state index in [0.717, 1.165) is 11.1 Å². The molecule has 0 fully saturated rings. The number of aryl methyl sites for hydroxylation is 1. The van der Waals surface area contributed by atoms with Crippen molar-refractivity contribution < 1.29 is 9.53 Å². The SMILES string of the molecule is COc1cc(C)c(Cl)cc1CNC(=O)Cl. The third kappa shape index (κ3) is 3.29. The van der Waals surface area contributed by atoms with Crippen LogP contribution in [0.1, 0.15) is 11.1 Å². The normalized spacial score (nSPS) is 9.87. The van der Waals surface area contributed by atoms with E-state index in [2.05, 4.69) is 5.32 Å². The first-order valence-electron chi connectivity index (χ1n) is 4.31. The molecule has 3 nitrogen and oxygen atoms in total. The fourth-order valence-electron chi connectivity index (χ4n) is 1.19. The molecule has 1 aromatic rings.